The third kappa shape index (κ3) is 3.75. The molecule has 2 aliphatic rings. The van der Waals surface area contributed by atoms with Crippen molar-refractivity contribution in [1.82, 2.24) is 5.32 Å². The molecule has 0 aromatic heterocycles. The van der Waals surface area contributed by atoms with Gasteiger partial charge in [-0.1, -0.05) is 6.07 Å². The van der Waals surface area contributed by atoms with Crippen molar-refractivity contribution in [1.29, 1.82) is 0 Å². The first-order valence-corrected chi connectivity index (χ1v) is 10.8. The van der Waals surface area contributed by atoms with Gasteiger partial charge in [0.25, 0.3) is 5.91 Å². The van der Waals surface area contributed by atoms with Gasteiger partial charge in [-0.2, -0.15) is 0 Å². The minimum absolute atomic E-state index is 0.201. The number of nitrogens with two attached hydrogens (primary N) is 1. The summed E-state index contributed by atoms with van der Waals surface area (Å²) in [5.74, 6) is 1.41. The van der Waals surface area contributed by atoms with Crippen molar-refractivity contribution in [3.8, 4) is 11.5 Å². The van der Waals surface area contributed by atoms with E-state index in [1.807, 2.05) is 19.1 Å². The molecule has 31 heavy (non-hydrogen) atoms. The molecule has 0 atom stereocenters. The molecular formula is C25H31N3O3. The number of aliphatic imine (C=N–C) groups is 1. The Labute approximate surface area is 183 Å². The SMILES string of the molecule is CCOc1cc2c(c3c1OC(C)(C)C3)C(c1ccc(C(=O)NC)c(N)c1)=NC(C)(C)C2. The summed E-state index contributed by atoms with van der Waals surface area (Å²) in [7, 11) is 1.60. The lowest BCUT2D eigenvalue weighted by atomic mass is 9.80. The van der Waals surface area contributed by atoms with Crippen LogP contribution in [-0.4, -0.2) is 36.4 Å². The molecule has 0 saturated carbocycles. The number of nitrogens with one attached hydrogen (secondary N) is 1. The van der Waals surface area contributed by atoms with E-state index in [0.717, 1.165) is 46.7 Å². The monoisotopic (exact) mass is 421 g/mol. The summed E-state index contributed by atoms with van der Waals surface area (Å²) in [6.45, 7) is 11.0. The normalized spacial score (nSPS) is 17.8. The molecule has 0 bridgehead atoms. The van der Waals surface area contributed by atoms with Crippen LogP contribution in [0, 0.1) is 0 Å². The lowest BCUT2D eigenvalue weighted by Gasteiger charge is -2.31. The Morgan fingerprint density at radius 1 is 1.23 bits per heavy atom. The molecule has 0 aliphatic carbocycles. The smallest absolute Gasteiger partial charge is 0.253 e. The van der Waals surface area contributed by atoms with Crippen LogP contribution >= 0.6 is 0 Å². The molecule has 2 aromatic carbocycles. The van der Waals surface area contributed by atoms with Crippen molar-refractivity contribution in [3.63, 3.8) is 0 Å². The highest BCUT2D eigenvalue weighted by molar-refractivity contribution is 6.17. The maximum absolute atomic E-state index is 12.1. The van der Waals surface area contributed by atoms with Gasteiger partial charge in [-0.3, -0.25) is 9.79 Å². The van der Waals surface area contributed by atoms with E-state index in [1.54, 1.807) is 13.1 Å². The second-order valence-corrected chi connectivity index (χ2v) is 9.52. The van der Waals surface area contributed by atoms with E-state index in [9.17, 15) is 4.79 Å². The van der Waals surface area contributed by atoms with Gasteiger partial charge in [-0.05, 0) is 64.8 Å². The molecule has 164 valence electrons. The fourth-order valence-corrected chi connectivity index (χ4v) is 4.59. The van der Waals surface area contributed by atoms with Crippen LogP contribution in [-0.2, 0) is 12.8 Å². The third-order valence-electron chi connectivity index (χ3n) is 5.78. The summed E-state index contributed by atoms with van der Waals surface area (Å²) in [5.41, 5.74) is 11.8. The molecule has 6 heteroatoms. The number of ether oxygens (including phenoxy) is 2. The Kier molecular flexibility index (Phi) is 4.99. The number of anilines is 1. The summed E-state index contributed by atoms with van der Waals surface area (Å²) in [5, 5.41) is 2.63. The van der Waals surface area contributed by atoms with Crippen molar-refractivity contribution in [2.75, 3.05) is 19.4 Å². The van der Waals surface area contributed by atoms with Gasteiger partial charge in [0.1, 0.15) is 5.60 Å². The fourth-order valence-electron chi connectivity index (χ4n) is 4.59. The number of amides is 1. The number of nitrogen functional groups attached to an aromatic ring is 1. The minimum Gasteiger partial charge on any atom is -0.490 e. The number of rotatable bonds is 4. The van der Waals surface area contributed by atoms with Crippen molar-refractivity contribution in [3.05, 3.63) is 52.1 Å². The Morgan fingerprint density at radius 3 is 2.61 bits per heavy atom. The summed E-state index contributed by atoms with van der Waals surface area (Å²) >= 11 is 0. The van der Waals surface area contributed by atoms with Crippen LogP contribution in [0.1, 0.15) is 67.2 Å². The van der Waals surface area contributed by atoms with Gasteiger partial charge in [0.15, 0.2) is 11.5 Å². The Morgan fingerprint density at radius 2 is 1.97 bits per heavy atom. The second-order valence-electron chi connectivity index (χ2n) is 9.52. The maximum atomic E-state index is 12.1. The standard InChI is InChI=1S/C25H31N3O3/c1-7-30-19-11-15-12-24(2,3)28-21(20(15)17-13-25(4,5)31-22(17)19)14-8-9-16(18(26)10-14)23(29)27-6/h8-11H,7,12-13,26H2,1-6H3,(H,27,29). The van der Waals surface area contributed by atoms with Crippen molar-refractivity contribution >= 4 is 17.3 Å². The molecule has 0 radical (unpaired) electrons. The van der Waals surface area contributed by atoms with Gasteiger partial charge in [-0.25, -0.2) is 0 Å². The molecule has 1 amide bonds. The van der Waals surface area contributed by atoms with E-state index >= 15 is 0 Å². The topological polar surface area (TPSA) is 85.9 Å². The van der Waals surface area contributed by atoms with E-state index in [1.165, 1.54) is 5.56 Å². The molecule has 0 unspecified atom stereocenters. The van der Waals surface area contributed by atoms with E-state index in [2.05, 4.69) is 39.1 Å². The summed E-state index contributed by atoms with van der Waals surface area (Å²) in [6, 6.07) is 7.65. The van der Waals surface area contributed by atoms with Crippen molar-refractivity contribution < 1.29 is 14.3 Å². The predicted octanol–water partition coefficient (Wildman–Crippen LogP) is 3.91. The fraction of sp³-hybridized carbons (Fsp3) is 0.440. The van der Waals surface area contributed by atoms with Crippen LogP contribution in [0.25, 0.3) is 0 Å². The lowest BCUT2D eigenvalue weighted by molar-refractivity contribution is 0.0964. The first kappa shape index (κ1) is 21.2. The highest BCUT2D eigenvalue weighted by Crippen LogP contribution is 2.48. The molecule has 2 aliphatic heterocycles. The number of benzene rings is 2. The first-order chi connectivity index (χ1) is 14.5. The van der Waals surface area contributed by atoms with Gasteiger partial charge >= 0.3 is 0 Å². The van der Waals surface area contributed by atoms with E-state index in [4.69, 9.17) is 20.2 Å². The van der Waals surface area contributed by atoms with Gasteiger partial charge in [0.05, 0.1) is 23.4 Å². The first-order valence-electron chi connectivity index (χ1n) is 10.8. The molecular weight excluding hydrogens is 390 g/mol. The zero-order chi connectivity index (χ0) is 22.6. The molecule has 4 rings (SSSR count). The molecule has 0 fully saturated rings. The molecule has 0 saturated heterocycles. The van der Waals surface area contributed by atoms with Gasteiger partial charge in [0.2, 0.25) is 0 Å². The number of carbonyl (C=O) groups excluding carboxylic acids is 1. The van der Waals surface area contributed by atoms with Crippen LogP contribution in [0.4, 0.5) is 5.69 Å². The number of nitrogens with zero attached hydrogens (tertiary/aromatic N) is 1. The highest BCUT2D eigenvalue weighted by Gasteiger charge is 2.39. The average molecular weight is 422 g/mol. The molecule has 0 spiro atoms. The summed E-state index contributed by atoms with van der Waals surface area (Å²) in [6.07, 6.45) is 1.59. The largest absolute Gasteiger partial charge is 0.490 e. The zero-order valence-corrected chi connectivity index (χ0v) is 19.2. The molecule has 6 nitrogen and oxygen atoms in total. The molecule has 2 aromatic rings. The average Bonchev–Trinajstić information content (AvgIpc) is 3.01. The maximum Gasteiger partial charge on any atom is 0.253 e. The zero-order valence-electron chi connectivity index (χ0n) is 19.2. The van der Waals surface area contributed by atoms with Gasteiger partial charge in [-0.15, -0.1) is 0 Å². The van der Waals surface area contributed by atoms with Crippen LogP contribution in [0.15, 0.2) is 29.3 Å². The van der Waals surface area contributed by atoms with Gasteiger partial charge < -0.3 is 20.5 Å². The van der Waals surface area contributed by atoms with E-state index in [-0.39, 0.29) is 17.0 Å². The quantitative estimate of drug-likeness (QED) is 0.733. The number of carbonyl (C=O) groups is 1. The van der Waals surface area contributed by atoms with Crippen LogP contribution in [0.5, 0.6) is 11.5 Å². The number of fused-ring (bicyclic) bond motifs is 3. The second kappa shape index (κ2) is 7.29. The van der Waals surface area contributed by atoms with Crippen LogP contribution in [0.3, 0.4) is 0 Å². The molecule has 2 heterocycles. The Bertz CT molecular complexity index is 1100. The summed E-state index contributed by atoms with van der Waals surface area (Å²) in [4.78, 5) is 17.2. The van der Waals surface area contributed by atoms with Crippen molar-refractivity contribution in [2.45, 2.75) is 58.6 Å². The van der Waals surface area contributed by atoms with Gasteiger partial charge in [0, 0.05) is 35.8 Å². The Balaban J connectivity index is 1.93. The number of hydrogen-bond acceptors (Lipinski definition) is 5. The van der Waals surface area contributed by atoms with Crippen LogP contribution in [0.2, 0.25) is 0 Å². The van der Waals surface area contributed by atoms with E-state index in [0.29, 0.717) is 17.9 Å². The lowest BCUT2D eigenvalue weighted by Crippen LogP contribution is -2.31. The highest BCUT2D eigenvalue weighted by atomic mass is 16.5. The number of hydrogen-bond donors (Lipinski definition) is 2. The third-order valence-corrected chi connectivity index (χ3v) is 5.78. The molecule has 3 N–H and O–H groups in total. The summed E-state index contributed by atoms with van der Waals surface area (Å²) < 4.78 is 12.3. The van der Waals surface area contributed by atoms with Crippen LogP contribution < -0.4 is 20.5 Å². The van der Waals surface area contributed by atoms with E-state index < -0.39 is 0 Å². The van der Waals surface area contributed by atoms with Crippen molar-refractivity contribution in [2.24, 2.45) is 4.99 Å². The predicted molar refractivity (Wildman–Crippen MR) is 124 cm³/mol. The minimum atomic E-state index is -0.316. The Hall–Kier alpha value is -3.02.